The molecule has 0 N–H and O–H groups in total. The van der Waals surface area contributed by atoms with Crippen LogP contribution in [0.5, 0.6) is 5.88 Å². The van der Waals surface area contributed by atoms with Gasteiger partial charge in [0, 0.05) is 11.6 Å². The highest BCUT2D eigenvalue weighted by atomic mass is 32.1. The second kappa shape index (κ2) is 4.18. The molecule has 0 aliphatic heterocycles. The second-order valence-electron chi connectivity index (χ2n) is 3.76. The van der Waals surface area contributed by atoms with Gasteiger partial charge in [-0.05, 0) is 22.3 Å². The lowest BCUT2D eigenvalue weighted by Gasteiger charge is -2.02. The van der Waals surface area contributed by atoms with Crippen LogP contribution in [0.4, 0.5) is 0 Å². The zero-order valence-corrected chi connectivity index (χ0v) is 10.2. The number of hydrogen-bond acceptors (Lipinski definition) is 3. The van der Waals surface area contributed by atoms with Gasteiger partial charge in [0.25, 0.3) is 0 Å². The fraction of sp³-hybridized carbons (Fsp3) is 0.0714. The molecule has 17 heavy (non-hydrogen) atoms. The lowest BCUT2D eigenvalue weighted by Crippen LogP contribution is -1.79. The van der Waals surface area contributed by atoms with Gasteiger partial charge in [0.1, 0.15) is 0 Å². The van der Waals surface area contributed by atoms with Gasteiger partial charge < -0.3 is 4.74 Å². The van der Waals surface area contributed by atoms with Crippen molar-refractivity contribution in [3.05, 3.63) is 48.5 Å². The average molecular weight is 241 g/mol. The Bertz CT molecular complexity index is 655. The lowest BCUT2D eigenvalue weighted by atomic mass is 10.0. The molecule has 0 radical (unpaired) electrons. The van der Waals surface area contributed by atoms with Crippen LogP contribution < -0.4 is 4.74 Å². The van der Waals surface area contributed by atoms with Crippen LogP contribution in [0.1, 0.15) is 0 Å². The summed E-state index contributed by atoms with van der Waals surface area (Å²) in [6, 6.07) is 16.7. The first kappa shape index (κ1) is 10.3. The molecule has 0 saturated heterocycles. The van der Waals surface area contributed by atoms with E-state index in [1.165, 1.54) is 27.9 Å². The number of methoxy groups -OCH3 is 1. The SMILES string of the molecule is COc1cc(-c2cccc3ccccc23)sn1. The number of aromatic nitrogens is 1. The molecule has 3 aromatic rings. The van der Waals surface area contributed by atoms with Gasteiger partial charge in [-0.2, -0.15) is 4.37 Å². The predicted octanol–water partition coefficient (Wildman–Crippen LogP) is 3.97. The standard InChI is InChI=1S/C14H11NOS/c1-16-14-9-13(17-15-14)12-8-4-6-10-5-2-3-7-11(10)12/h2-9H,1H3. The Hall–Kier alpha value is -1.87. The van der Waals surface area contributed by atoms with Gasteiger partial charge in [-0.25, -0.2) is 0 Å². The van der Waals surface area contributed by atoms with E-state index in [1.54, 1.807) is 7.11 Å². The van der Waals surface area contributed by atoms with Gasteiger partial charge in [0.15, 0.2) is 0 Å². The normalized spacial score (nSPS) is 10.6. The van der Waals surface area contributed by atoms with Crippen molar-refractivity contribution in [2.24, 2.45) is 0 Å². The van der Waals surface area contributed by atoms with Crippen LogP contribution in [0.25, 0.3) is 21.2 Å². The van der Waals surface area contributed by atoms with Gasteiger partial charge in [-0.1, -0.05) is 42.5 Å². The fourth-order valence-electron chi connectivity index (χ4n) is 1.92. The minimum Gasteiger partial charge on any atom is -0.480 e. The first-order chi connectivity index (χ1) is 8.38. The molecule has 0 bridgehead atoms. The average Bonchev–Trinajstić information content (AvgIpc) is 2.87. The fourth-order valence-corrected chi connectivity index (χ4v) is 2.67. The van der Waals surface area contributed by atoms with Gasteiger partial charge in [0.2, 0.25) is 5.88 Å². The Morgan fingerprint density at radius 2 is 1.88 bits per heavy atom. The summed E-state index contributed by atoms with van der Waals surface area (Å²) in [4.78, 5) is 1.14. The van der Waals surface area contributed by atoms with Gasteiger partial charge >= 0.3 is 0 Å². The van der Waals surface area contributed by atoms with Crippen LogP contribution in [-0.2, 0) is 0 Å². The number of benzene rings is 2. The molecule has 2 aromatic carbocycles. The summed E-state index contributed by atoms with van der Waals surface area (Å²) in [5.41, 5.74) is 1.21. The molecule has 0 fully saturated rings. The Kier molecular flexibility index (Phi) is 2.53. The van der Waals surface area contributed by atoms with E-state index in [1.807, 2.05) is 6.07 Å². The molecule has 3 heteroatoms. The molecule has 0 aliphatic rings. The van der Waals surface area contributed by atoms with E-state index in [0.717, 1.165) is 4.88 Å². The lowest BCUT2D eigenvalue weighted by molar-refractivity contribution is 0.403. The van der Waals surface area contributed by atoms with E-state index < -0.39 is 0 Å². The highest BCUT2D eigenvalue weighted by Gasteiger charge is 2.07. The zero-order valence-electron chi connectivity index (χ0n) is 9.38. The van der Waals surface area contributed by atoms with Crippen LogP contribution >= 0.6 is 11.5 Å². The van der Waals surface area contributed by atoms with Crippen molar-refractivity contribution in [3.8, 4) is 16.3 Å². The molecular weight excluding hydrogens is 230 g/mol. The monoisotopic (exact) mass is 241 g/mol. The van der Waals surface area contributed by atoms with Crippen molar-refractivity contribution in [3.63, 3.8) is 0 Å². The first-order valence-electron chi connectivity index (χ1n) is 5.37. The summed E-state index contributed by atoms with van der Waals surface area (Å²) in [7, 11) is 1.64. The molecule has 3 rings (SSSR count). The molecule has 1 aromatic heterocycles. The zero-order chi connectivity index (χ0) is 11.7. The van der Waals surface area contributed by atoms with E-state index in [0.29, 0.717) is 5.88 Å². The van der Waals surface area contributed by atoms with Crippen LogP contribution in [0.15, 0.2) is 48.5 Å². The highest BCUT2D eigenvalue weighted by molar-refractivity contribution is 7.09. The third kappa shape index (κ3) is 1.78. The molecular formula is C14H11NOS. The van der Waals surface area contributed by atoms with Gasteiger partial charge in [0.05, 0.1) is 12.0 Å². The third-order valence-corrected chi connectivity index (χ3v) is 3.56. The van der Waals surface area contributed by atoms with E-state index in [4.69, 9.17) is 4.74 Å². The van der Waals surface area contributed by atoms with Crippen molar-refractivity contribution >= 4 is 22.3 Å². The van der Waals surface area contributed by atoms with Gasteiger partial charge in [-0.15, -0.1) is 0 Å². The van der Waals surface area contributed by atoms with E-state index >= 15 is 0 Å². The van der Waals surface area contributed by atoms with Crippen LogP contribution in [-0.4, -0.2) is 11.5 Å². The Morgan fingerprint density at radius 1 is 1.06 bits per heavy atom. The number of fused-ring (bicyclic) bond motifs is 1. The Labute approximate surface area is 104 Å². The minimum absolute atomic E-state index is 0.679. The quantitative estimate of drug-likeness (QED) is 0.677. The van der Waals surface area contributed by atoms with Crippen molar-refractivity contribution < 1.29 is 4.74 Å². The molecule has 0 spiro atoms. The van der Waals surface area contributed by atoms with Crippen molar-refractivity contribution in [2.45, 2.75) is 0 Å². The number of nitrogens with zero attached hydrogens (tertiary/aromatic N) is 1. The summed E-state index contributed by atoms with van der Waals surface area (Å²) in [6.07, 6.45) is 0. The molecule has 0 aliphatic carbocycles. The molecule has 84 valence electrons. The maximum Gasteiger partial charge on any atom is 0.225 e. The van der Waals surface area contributed by atoms with Crippen molar-refractivity contribution in [2.75, 3.05) is 7.11 Å². The predicted molar refractivity (Wildman–Crippen MR) is 71.6 cm³/mol. The molecule has 0 unspecified atom stereocenters. The largest absolute Gasteiger partial charge is 0.480 e. The van der Waals surface area contributed by atoms with E-state index in [2.05, 4.69) is 46.8 Å². The molecule has 1 heterocycles. The minimum atomic E-state index is 0.679. The Balaban J connectivity index is 2.23. The molecule has 0 saturated carbocycles. The van der Waals surface area contributed by atoms with Crippen LogP contribution in [0, 0.1) is 0 Å². The number of hydrogen-bond donors (Lipinski definition) is 0. The Morgan fingerprint density at radius 3 is 2.71 bits per heavy atom. The van der Waals surface area contributed by atoms with Crippen molar-refractivity contribution in [1.29, 1.82) is 0 Å². The number of ether oxygens (including phenoxy) is 1. The third-order valence-electron chi connectivity index (χ3n) is 2.75. The smallest absolute Gasteiger partial charge is 0.225 e. The molecule has 0 amide bonds. The summed E-state index contributed by atoms with van der Waals surface area (Å²) in [5.74, 6) is 0.679. The summed E-state index contributed by atoms with van der Waals surface area (Å²) >= 11 is 1.47. The maximum absolute atomic E-state index is 5.13. The molecule has 0 atom stereocenters. The first-order valence-corrected chi connectivity index (χ1v) is 6.14. The van der Waals surface area contributed by atoms with Crippen LogP contribution in [0.2, 0.25) is 0 Å². The highest BCUT2D eigenvalue weighted by Crippen LogP contribution is 2.33. The molecule has 2 nitrogen and oxygen atoms in total. The number of rotatable bonds is 2. The maximum atomic E-state index is 5.13. The van der Waals surface area contributed by atoms with Crippen molar-refractivity contribution in [1.82, 2.24) is 4.37 Å². The van der Waals surface area contributed by atoms with E-state index in [-0.39, 0.29) is 0 Å². The van der Waals surface area contributed by atoms with Crippen LogP contribution in [0.3, 0.4) is 0 Å². The second-order valence-corrected chi connectivity index (χ2v) is 4.57. The van der Waals surface area contributed by atoms with Gasteiger partial charge in [-0.3, -0.25) is 0 Å². The summed E-state index contributed by atoms with van der Waals surface area (Å²) < 4.78 is 9.37. The summed E-state index contributed by atoms with van der Waals surface area (Å²) in [6.45, 7) is 0. The summed E-state index contributed by atoms with van der Waals surface area (Å²) in [5, 5.41) is 2.50. The topological polar surface area (TPSA) is 22.1 Å². The van der Waals surface area contributed by atoms with E-state index in [9.17, 15) is 0 Å².